The SMILES string of the molecule is C=C(C)c1ccc(OCCCCCCCCCCCCCCCCCCOc2ccc(/C=C/C(=O)c3ccc(F)cc3)cc2)cc1. The highest BCUT2D eigenvalue weighted by Crippen LogP contribution is 2.19. The maximum atomic E-state index is 13.0. The smallest absolute Gasteiger partial charge is 0.185 e. The van der Waals surface area contributed by atoms with Crippen LogP contribution in [0.2, 0.25) is 0 Å². The molecule has 3 nitrogen and oxygen atoms in total. The van der Waals surface area contributed by atoms with Crippen molar-refractivity contribution in [2.75, 3.05) is 13.2 Å². The lowest BCUT2D eigenvalue weighted by Crippen LogP contribution is -1.97. The minimum atomic E-state index is -0.346. The highest BCUT2D eigenvalue weighted by Gasteiger charge is 2.02. The van der Waals surface area contributed by atoms with Crippen LogP contribution in [0, 0.1) is 5.82 Å². The number of halogens is 1. The Morgan fingerprint density at radius 1 is 0.565 bits per heavy atom. The van der Waals surface area contributed by atoms with Crippen molar-refractivity contribution in [3.63, 3.8) is 0 Å². The Morgan fingerprint density at radius 3 is 1.35 bits per heavy atom. The van der Waals surface area contributed by atoms with Crippen LogP contribution in [-0.2, 0) is 0 Å². The summed E-state index contributed by atoms with van der Waals surface area (Å²) >= 11 is 0. The highest BCUT2D eigenvalue weighted by atomic mass is 19.1. The highest BCUT2D eigenvalue weighted by molar-refractivity contribution is 6.06. The summed E-state index contributed by atoms with van der Waals surface area (Å²) in [6.45, 7) is 7.54. The molecule has 0 radical (unpaired) electrons. The van der Waals surface area contributed by atoms with Crippen molar-refractivity contribution in [3.8, 4) is 11.5 Å². The summed E-state index contributed by atoms with van der Waals surface area (Å²) < 4.78 is 24.8. The molecular weight excluding hydrogens is 571 g/mol. The van der Waals surface area contributed by atoms with Gasteiger partial charge in [-0.25, -0.2) is 4.39 Å². The van der Waals surface area contributed by atoms with E-state index >= 15 is 0 Å². The Kier molecular flexibility index (Phi) is 18.2. The van der Waals surface area contributed by atoms with Crippen LogP contribution in [0.15, 0.2) is 85.5 Å². The molecule has 0 atom stereocenters. The fraction of sp³-hybridized carbons (Fsp3) is 0.452. The van der Waals surface area contributed by atoms with Crippen LogP contribution in [0.4, 0.5) is 4.39 Å². The summed E-state index contributed by atoms with van der Waals surface area (Å²) in [6.07, 6.45) is 24.3. The van der Waals surface area contributed by atoms with Gasteiger partial charge in [-0.3, -0.25) is 4.79 Å². The molecule has 0 aliphatic rings. The molecule has 0 heterocycles. The van der Waals surface area contributed by atoms with Crippen molar-refractivity contribution < 1.29 is 18.7 Å². The lowest BCUT2D eigenvalue weighted by Gasteiger charge is -2.07. The molecule has 3 rings (SSSR count). The second kappa shape index (κ2) is 22.8. The van der Waals surface area contributed by atoms with E-state index in [-0.39, 0.29) is 11.6 Å². The lowest BCUT2D eigenvalue weighted by molar-refractivity contribution is 0.104. The first-order valence-corrected chi connectivity index (χ1v) is 17.6. The molecule has 3 aromatic rings. The number of ketones is 1. The van der Waals surface area contributed by atoms with Gasteiger partial charge >= 0.3 is 0 Å². The fourth-order valence-corrected chi connectivity index (χ4v) is 5.45. The van der Waals surface area contributed by atoms with Gasteiger partial charge in [-0.15, -0.1) is 0 Å². The first kappa shape index (κ1) is 36.8. The Hall–Kier alpha value is -3.66. The van der Waals surface area contributed by atoms with Gasteiger partial charge in [0.2, 0.25) is 0 Å². The summed E-state index contributed by atoms with van der Waals surface area (Å²) in [4.78, 5) is 12.2. The van der Waals surface area contributed by atoms with Crippen LogP contribution in [0.1, 0.15) is 131 Å². The Labute approximate surface area is 277 Å². The molecule has 0 fully saturated rings. The molecule has 0 saturated heterocycles. The number of rotatable bonds is 25. The Balaban J connectivity index is 1.04. The van der Waals surface area contributed by atoms with Gasteiger partial charge in [-0.2, -0.15) is 0 Å². The van der Waals surface area contributed by atoms with Crippen LogP contribution < -0.4 is 9.47 Å². The van der Waals surface area contributed by atoms with Crippen molar-refractivity contribution in [2.45, 2.75) is 110 Å². The van der Waals surface area contributed by atoms with Gasteiger partial charge in [0.1, 0.15) is 17.3 Å². The molecule has 0 N–H and O–H groups in total. The number of unbranched alkanes of at least 4 members (excludes halogenated alkanes) is 15. The molecule has 46 heavy (non-hydrogen) atoms. The van der Waals surface area contributed by atoms with Crippen LogP contribution in [0.5, 0.6) is 11.5 Å². The van der Waals surface area contributed by atoms with E-state index in [0.29, 0.717) is 5.56 Å². The van der Waals surface area contributed by atoms with Crippen molar-refractivity contribution in [1.82, 2.24) is 0 Å². The number of carbonyl (C=O) groups excluding carboxylic acids is 1. The molecule has 248 valence electrons. The third kappa shape index (κ3) is 16.1. The van der Waals surface area contributed by atoms with Gasteiger partial charge < -0.3 is 9.47 Å². The number of hydrogen-bond donors (Lipinski definition) is 0. The van der Waals surface area contributed by atoms with E-state index in [1.807, 2.05) is 43.3 Å². The average Bonchev–Trinajstić information content (AvgIpc) is 3.07. The van der Waals surface area contributed by atoms with Gasteiger partial charge in [-0.05, 0) is 85.5 Å². The zero-order valence-electron chi connectivity index (χ0n) is 28.1. The molecule has 0 aliphatic carbocycles. The zero-order chi connectivity index (χ0) is 32.7. The van der Waals surface area contributed by atoms with E-state index < -0.39 is 0 Å². The summed E-state index contributed by atoms with van der Waals surface area (Å²) in [5.41, 5.74) is 3.66. The minimum Gasteiger partial charge on any atom is -0.494 e. The second-order valence-electron chi connectivity index (χ2n) is 12.4. The molecule has 0 aromatic heterocycles. The van der Waals surface area contributed by atoms with E-state index in [9.17, 15) is 9.18 Å². The van der Waals surface area contributed by atoms with E-state index in [4.69, 9.17) is 9.47 Å². The van der Waals surface area contributed by atoms with Crippen LogP contribution in [0.3, 0.4) is 0 Å². The van der Waals surface area contributed by atoms with Gasteiger partial charge in [0, 0.05) is 5.56 Å². The first-order valence-electron chi connectivity index (χ1n) is 17.6. The zero-order valence-corrected chi connectivity index (χ0v) is 28.1. The molecule has 4 heteroatoms. The predicted octanol–water partition coefficient (Wildman–Crippen LogP) is 12.5. The van der Waals surface area contributed by atoms with Crippen LogP contribution in [-0.4, -0.2) is 19.0 Å². The standard InChI is InChI=1S/C42H55FO3/c1-35(2)37-24-30-41(31-25-37)46-34-18-16-14-12-10-8-6-4-3-5-7-9-11-13-15-17-33-45-40-28-19-36(20-29-40)21-32-42(44)38-22-26-39(43)27-23-38/h19-32H,1,3-18,33-34H2,2H3/b32-21+. The number of benzene rings is 3. The molecule has 0 bridgehead atoms. The van der Waals surface area contributed by atoms with Gasteiger partial charge in [-0.1, -0.05) is 132 Å². The maximum absolute atomic E-state index is 13.0. The Morgan fingerprint density at radius 2 is 0.935 bits per heavy atom. The topological polar surface area (TPSA) is 35.5 Å². The maximum Gasteiger partial charge on any atom is 0.185 e. The van der Waals surface area contributed by atoms with Gasteiger partial charge in [0.15, 0.2) is 5.78 Å². The molecule has 3 aromatic carbocycles. The lowest BCUT2D eigenvalue weighted by atomic mass is 10.0. The third-order valence-electron chi connectivity index (χ3n) is 8.36. The number of ether oxygens (including phenoxy) is 2. The van der Waals surface area contributed by atoms with Crippen molar-refractivity contribution in [1.29, 1.82) is 0 Å². The molecule has 0 aliphatic heterocycles. The molecular formula is C42H55FO3. The van der Waals surface area contributed by atoms with E-state index in [2.05, 4.69) is 18.7 Å². The van der Waals surface area contributed by atoms with E-state index in [1.165, 1.54) is 126 Å². The van der Waals surface area contributed by atoms with Crippen molar-refractivity contribution in [2.24, 2.45) is 0 Å². The molecule has 0 saturated carbocycles. The second-order valence-corrected chi connectivity index (χ2v) is 12.4. The summed E-state index contributed by atoms with van der Waals surface area (Å²) in [5.74, 6) is 1.32. The number of hydrogen-bond acceptors (Lipinski definition) is 3. The van der Waals surface area contributed by atoms with Crippen molar-refractivity contribution in [3.05, 3.63) is 108 Å². The van der Waals surface area contributed by atoms with E-state index in [0.717, 1.165) is 48.7 Å². The Bertz CT molecular complexity index is 1280. The van der Waals surface area contributed by atoms with Crippen LogP contribution >= 0.6 is 0 Å². The molecule has 0 amide bonds. The fourth-order valence-electron chi connectivity index (χ4n) is 5.45. The monoisotopic (exact) mass is 626 g/mol. The number of carbonyl (C=O) groups is 1. The first-order chi connectivity index (χ1) is 22.5. The third-order valence-corrected chi connectivity index (χ3v) is 8.36. The predicted molar refractivity (Wildman–Crippen MR) is 192 cm³/mol. The quantitative estimate of drug-likeness (QED) is 0.0533. The number of allylic oxidation sites excluding steroid dienone is 2. The largest absolute Gasteiger partial charge is 0.494 e. The van der Waals surface area contributed by atoms with Gasteiger partial charge in [0.25, 0.3) is 0 Å². The van der Waals surface area contributed by atoms with Crippen molar-refractivity contribution >= 4 is 17.4 Å². The summed E-state index contributed by atoms with van der Waals surface area (Å²) in [5, 5.41) is 0. The van der Waals surface area contributed by atoms with Gasteiger partial charge in [0.05, 0.1) is 13.2 Å². The molecule has 0 spiro atoms. The summed E-state index contributed by atoms with van der Waals surface area (Å²) in [6, 6.07) is 21.6. The van der Waals surface area contributed by atoms with Crippen LogP contribution in [0.25, 0.3) is 11.6 Å². The normalized spacial score (nSPS) is 11.2. The molecule has 0 unspecified atom stereocenters. The van der Waals surface area contributed by atoms with E-state index in [1.54, 1.807) is 6.08 Å². The summed E-state index contributed by atoms with van der Waals surface area (Å²) in [7, 11) is 0. The minimum absolute atomic E-state index is 0.145. The average molecular weight is 627 g/mol.